The van der Waals surface area contributed by atoms with E-state index in [2.05, 4.69) is 0 Å². The lowest BCUT2D eigenvalue weighted by atomic mass is 10.1. The molecule has 21 heavy (non-hydrogen) atoms. The smallest absolute Gasteiger partial charge is 0.406 e. The molecule has 1 aromatic heterocycles. The van der Waals surface area contributed by atoms with E-state index >= 15 is 0 Å². The fourth-order valence-electron chi connectivity index (χ4n) is 1.66. The van der Waals surface area contributed by atoms with Crippen molar-refractivity contribution in [2.75, 3.05) is 6.54 Å². The van der Waals surface area contributed by atoms with Gasteiger partial charge < -0.3 is 20.2 Å². The third-order valence-corrected chi connectivity index (χ3v) is 2.60. The van der Waals surface area contributed by atoms with Crippen molar-refractivity contribution in [2.45, 2.75) is 31.6 Å². The van der Waals surface area contributed by atoms with Crippen LogP contribution < -0.4 is 5.73 Å². The minimum absolute atomic E-state index is 0.179. The Bertz CT molecular complexity index is 473. The second-order valence-corrected chi connectivity index (χ2v) is 4.43. The first-order valence-electron chi connectivity index (χ1n) is 6.04. The minimum atomic E-state index is -4.59. The summed E-state index contributed by atoms with van der Waals surface area (Å²) in [4.78, 5) is 22.8. The Balaban J connectivity index is 2.74. The summed E-state index contributed by atoms with van der Waals surface area (Å²) >= 11 is 0. The van der Waals surface area contributed by atoms with Crippen molar-refractivity contribution < 1.29 is 32.3 Å². The molecule has 0 aliphatic heterocycles. The Labute approximate surface area is 118 Å². The number of amides is 1. The van der Waals surface area contributed by atoms with Gasteiger partial charge in [0, 0.05) is 6.42 Å². The van der Waals surface area contributed by atoms with Crippen molar-refractivity contribution in [2.24, 2.45) is 5.73 Å². The molecule has 0 fully saturated rings. The number of hydrogen-bond donors (Lipinski definition) is 2. The fourth-order valence-corrected chi connectivity index (χ4v) is 1.66. The average molecular weight is 308 g/mol. The van der Waals surface area contributed by atoms with Gasteiger partial charge in [0.1, 0.15) is 12.3 Å². The molecule has 0 saturated carbocycles. The number of rotatable bonds is 7. The first-order valence-corrected chi connectivity index (χ1v) is 6.04. The molecule has 0 aliphatic rings. The lowest BCUT2D eigenvalue weighted by Gasteiger charge is -2.25. The first-order chi connectivity index (χ1) is 9.69. The van der Waals surface area contributed by atoms with Crippen LogP contribution in [0.5, 0.6) is 0 Å². The highest BCUT2D eigenvalue weighted by molar-refractivity contribution is 5.82. The molecule has 0 bridgehead atoms. The van der Waals surface area contributed by atoms with Crippen LogP contribution in [0.25, 0.3) is 0 Å². The first kappa shape index (κ1) is 17.0. The number of alkyl halides is 3. The van der Waals surface area contributed by atoms with Crippen molar-refractivity contribution in [3.05, 3.63) is 24.2 Å². The van der Waals surface area contributed by atoms with Crippen LogP contribution in [0.1, 0.15) is 18.6 Å². The Kier molecular flexibility index (Phi) is 5.77. The van der Waals surface area contributed by atoms with Crippen LogP contribution >= 0.6 is 0 Å². The standard InChI is InChI=1S/C12H15F3N2O4/c13-12(14,15)7-17(6-8-2-1-5-21-8)11(20)9(16)3-4-10(18)19/h1-2,5,9H,3-4,6-7,16H2,(H,18,19). The molecule has 1 aromatic rings. The van der Waals surface area contributed by atoms with Gasteiger partial charge in [-0.15, -0.1) is 0 Å². The number of carbonyl (C=O) groups excluding carboxylic acids is 1. The summed E-state index contributed by atoms with van der Waals surface area (Å²) in [7, 11) is 0. The van der Waals surface area contributed by atoms with E-state index in [9.17, 15) is 22.8 Å². The van der Waals surface area contributed by atoms with Crippen LogP contribution in [0.4, 0.5) is 13.2 Å². The molecule has 9 heteroatoms. The maximum atomic E-state index is 12.5. The summed E-state index contributed by atoms with van der Waals surface area (Å²) in [6.07, 6.45) is -3.95. The van der Waals surface area contributed by atoms with E-state index in [4.69, 9.17) is 15.3 Å². The number of halogens is 3. The van der Waals surface area contributed by atoms with Gasteiger partial charge in [0.25, 0.3) is 0 Å². The van der Waals surface area contributed by atoms with E-state index in [1.54, 1.807) is 0 Å². The Morgan fingerprint density at radius 2 is 2.10 bits per heavy atom. The quantitative estimate of drug-likeness (QED) is 0.793. The van der Waals surface area contributed by atoms with Crippen LogP contribution in [0.3, 0.4) is 0 Å². The van der Waals surface area contributed by atoms with Gasteiger partial charge in [0.2, 0.25) is 5.91 Å². The molecule has 0 aromatic carbocycles. The number of carboxylic acids is 1. The number of aliphatic carboxylic acids is 1. The van der Waals surface area contributed by atoms with Crippen LogP contribution in [0.15, 0.2) is 22.8 Å². The summed E-state index contributed by atoms with van der Waals surface area (Å²) in [5.74, 6) is -1.96. The Morgan fingerprint density at radius 1 is 1.43 bits per heavy atom. The molecule has 0 aliphatic carbocycles. The molecular formula is C12H15F3N2O4. The molecule has 0 radical (unpaired) electrons. The molecule has 0 spiro atoms. The molecule has 1 amide bonds. The van der Waals surface area contributed by atoms with Crippen molar-refractivity contribution in [3.8, 4) is 0 Å². The van der Waals surface area contributed by atoms with Gasteiger partial charge in [-0.25, -0.2) is 0 Å². The number of nitrogens with two attached hydrogens (primary N) is 1. The second kappa shape index (κ2) is 7.11. The average Bonchev–Trinajstić information content (AvgIpc) is 2.85. The van der Waals surface area contributed by atoms with Crippen molar-refractivity contribution in [1.29, 1.82) is 0 Å². The predicted octanol–water partition coefficient (Wildman–Crippen LogP) is 1.36. The SMILES string of the molecule is NC(CCC(=O)O)C(=O)N(Cc1ccco1)CC(F)(F)F. The molecule has 1 unspecified atom stereocenters. The Morgan fingerprint density at radius 3 is 2.57 bits per heavy atom. The molecular weight excluding hydrogens is 293 g/mol. The van der Waals surface area contributed by atoms with Gasteiger partial charge in [-0.3, -0.25) is 9.59 Å². The summed E-state index contributed by atoms with van der Waals surface area (Å²) in [5, 5.41) is 8.50. The van der Waals surface area contributed by atoms with E-state index in [1.807, 2.05) is 0 Å². The normalized spacial score (nSPS) is 13.0. The summed E-state index contributed by atoms with van der Waals surface area (Å²) in [6, 6.07) is 1.61. The zero-order valence-electron chi connectivity index (χ0n) is 11.0. The summed E-state index contributed by atoms with van der Waals surface area (Å²) in [5.41, 5.74) is 5.46. The monoisotopic (exact) mass is 308 g/mol. The number of nitrogens with zero attached hydrogens (tertiary/aromatic N) is 1. The lowest BCUT2D eigenvalue weighted by Crippen LogP contribution is -2.47. The third-order valence-electron chi connectivity index (χ3n) is 2.60. The highest BCUT2D eigenvalue weighted by Crippen LogP contribution is 2.19. The topological polar surface area (TPSA) is 96.8 Å². The minimum Gasteiger partial charge on any atom is -0.481 e. The van der Waals surface area contributed by atoms with Gasteiger partial charge in [-0.05, 0) is 18.6 Å². The van der Waals surface area contributed by atoms with Gasteiger partial charge in [0.05, 0.1) is 18.8 Å². The van der Waals surface area contributed by atoms with Crippen LogP contribution in [0, 0.1) is 0 Å². The van der Waals surface area contributed by atoms with Gasteiger partial charge in [-0.1, -0.05) is 0 Å². The lowest BCUT2D eigenvalue weighted by molar-refractivity contribution is -0.163. The number of carboxylic acid groups (broad SMARTS) is 1. The molecule has 1 atom stereocenters. The fraction of sp³-hybridized carbons (Fsp3) is 0.500. The molecule has 3 N–H and O–H groups in total. The van der Waals surface area contributed by atoms with Crippen molar-refractivity contribution in [1.82, 2.24) is 4.90 Å². The Hall–Kier alpha value is -2.03. The molecule has 118 valence electrons. The van der Waals surface area contributed by atoms with Gasteiger partial charge in [0.15, 0.2) is 0 Å². The maximum Gasteiger partial charge on any atom is 0.406 e. The third kappa shape index (κ3) is 6.30. The van der Waals surface area contributed by atoms with E-state index < -0.39 is 37.1 Å². The zero-order valence-corrected chi connectivity index (χ0v) is 11.0. The van der Waals surface area contributed by atoms with E-state index in [0.717, 1.165) is 0 Å². The van der Waals surface area contributed by atoms with Crippen LogP contribution in [-0.2, 0) is 16.1 Å². The van der Waals surface area contributed by atoms with Crippen LogP contribution in [-0.4, -0.2) is 40.6 Å². The van der Waals surface area contributed by atoms with Gasteiger partial charge in [-0.2, -0.15) is 13.2 Å². The number of hydrogen-bond acceptors (Lipinski definition) is 4. The maximum absolute atomic E-state index is 12.5. The zero-order chi connectivity index (χ0) is 16.0. The largest absolute Gasteiger partial charge is 0.481 e. The summed E-state index contributed by atoms with van der Waals surface area (Å²) < 4.78 is 42.4. The molecule has 1 rings (SSSR count). The molecule has 0 saturated heterocycles. The van der Waals surface area contributed by atoms with E-state index in [1.165, 1.54) is 18.4 Å². The van der Waals surface area contributed by atoms with Crippen molar-refractivity contribution in [3.63, 3.8) is 0 Å². The molecule has 6 nitrogen and oxygen atoms in total. The van der Waals surface area contributed by atoms with Gasteiger partial charge >= 0.3 is 12.1 Å². The highest BCUT2D eigenvalue weighted by Gasteiger charge is 2.35. The molecule has 1 heterocycles. The number of carbonyl (C=O) groups is 2. The van der Waals surface area contributed by atoms with Crippen molar-refractivity contribution >= 4 is 11.9 Å². The van der Waals surface area contributed by atoms with E-state index in [0.29, 0.717) is 4.90 Å². The predicted molar refractivity (Wildman–Crippen MR) is 65.0 cm³/mol. The number of furan rings is 1. The van der Waals surface area contributed by atoms with E-state index in [-0.39, 0.29) is 18.7 Å². The van der Waals surface area contributed by atoms with Crippen LogP contribution in [0.2, 0.25) is 0 Å². The highest BCUT2D eigenvalue weighted by atomic mass is 19.4. The second-order valence-electron chi connectivity index (χ2n) is 4.43. The summed E-state index contributed by atoms with van der Waals surface area (Å²) in [6.45, 7) is -1.86.